The fraction of sp³-hybridized carbons (Fsp3) is 0.133. The van der Waals surface area contributed by atoms with E-state index in [1.807, 2.05) is 0 Å². The first-order chi connectivity index (χ1) is 9.97. The summed E-state index contributed by atoms with van der Waals surface area (Å²) in [4.78, 5) is 35.0. The number of rotatable bonds is 4. The molecule has 2 rings (SSSR count). The SMILES string of the molecule is Cc1ccn(CC(=O)Nc2ccccc2C(N)=O)c(=O)c1. The summed E-state index contributed by atoms with van der Waals surface area (Å²) in [5.74, 6) is -1.03. The van der Waals surface area contributed by atoms with Crippen LogP contribution in [0.15, 0.2) is 47.4 Å². The van der Waals surface area contributed by atoms with Crippen LogP contribution in [0.1, 0.15) is 15.9 Å². The Bertz CT molecular complexity index is 750. The van der Waals surface area contributed by atoms with Gasteiger partial charge in [-0.1, -0.05) is 12.1 Å². The third kappa shape index (κ3) is 3.56. The molecule has 3 N–H and O–H groups in total. The number of primary amides is 1. The monoisotopic (exact) mass is 285 g/mol. The number of benzene rings is 1. The summed E-state index contributed by atoms with van der Waals surface area (Å²) < 4.78 is 1.29. The van der Waals surface area contributed by atoms with Gasteiger partial charge in [0.25, 0.3) is 11.5 Å². The lowest BCUT2D eigenvalue weighted by atomic mass is 10.1. The van der Waals surface area contributed by atoms with Crippen molar-refractivity contribution in [2.24, 2.45) is 5.73 Å². The minimum Gasteiger partial charge on any atom is -0.366 e. The van der Waals surface area contributed by atoms with Gasteiger partial charge in [-0.05, 0) is 30.7 Å². The average molecular weight is 285 g/mol. The van der Waals surface area contributed by atoms with Crippen LogP contribution in [-0.2, 0) is 11.3 Å². The van der Waals surface area contributed by atoms with Gasteiger partial charge in [0.05, 0.1) is 11.3 Å². The summed E-state index contributed by atoms with van der Waals surface area (Å²) in [5.41, 5.74) is 6.36. The van der Waals surface area contributed by atoms with Crippen molar-refractivity contribution < 1.29 is 9.59 Å². The number of aryl methyl sites for hydroxylation is 1. The summed E-state index contributed by atoms with van der Waals surface area (Å²) in [7, 11) is 0. The number of para-hydroxylation sites is 1. The molecule has 0 fully saturated rings. The van der Waals surface area contributed by atoms with Gasteiger partial charge in [-0.2, -0.15) is 0 Å². The zero-order valence-electron chi connectivity index (χ0n) is 11.5. The zero-order valence-corrected chi connectivity index (χ0v) is 11.5. The molecule has 0 aliphatic rings. The lowest BCUT2D eigenvalue weighted by Gasteiger charge is -2.10. The van der Waals surface area contributed by atoms with Gasteiger partial charge in [0.15, 0.2) is 0 Å². The molecule has 2 amide bonds. The summed E-state index contributed by atoms with van der Waals surface area (Å²) >= 11 is 0. The number of pyridine rings is 1. The summed E-state index contributed by atoms with van der Waals surface area (Å²) in [5, 5.41) is 2.58. The maximum atomic E-state index is 12.0. The molecule has 0 aliphatic carbocycles. The lowest BCUT2D eigenvalue weighted by Crippen LogP contribution is -2.27. The molecule has 0 aliphatic heterocycles. The third-order valence-corrected chi connectivity index (χ3v) is 2.93. The van der Waals surface area contributed by atoms with Crippen molar-refractivity contribution in [1.29, 1.82) is 0 Å². The van der Waals surface area contributed by atoms with E-state index in [-0.39, 0.29) is 17.7 Å². The highest BCUT2D eigenvalue weighted by atomic mass is 16.2. The molecule has 0 saturated carbocycles. The Morgan fingerprint density at radius 3 is 2.62 bits per heavy atom. The number of aromatic nitrogens is 1. The smallest absolute Gasteiger partial charge is 0.251 e. The van der Waals surface area contributed by atoms with E-state index in [0.717, 1.165) is 5.56 Å². The van der Waals surface area contributed by atoms with Gasteiger partial charge >= 0.3 is 0 Å². The predicted octanol–water partition coefficient (Wildman–Crippen LogP) is 0.894. The maximum absolute atomic E-state index is 12.0. The van der Waals surface area contributed by atoms with E-state index in [0.29, 0.717) is 5.69 Å². The van der Waals surface area contributed by atoms with Crippen molar-refractivity contribution in [3.8, 4) is 0 Å². The number of carbonyl (C=O) groups excluding carboxylic acids is 2. The van der Waals surface area contributed by atoms with Crippen LogP contribution in [0.4, 0.5) is 5.69 Å². The Labute approximate surface area is 121 Å². The fourth-order valence-electron chi connectivity index (χ4n) is 1.89. The second-order valence-corrected chi connectivity index (χ2v) is 4.63. The second-order valence-electron chi connectivity index (χ2n) is 4.63. The van der Waals surface area contributed by atoms with Crippen LogP contribution in [0.3, 0.4) is 0 Å². The second kappa shape index (κ2) is 6.04. The van der Waals surface area contributed by atoms with Gasteiger partial charge in [-0.15, -0.1) is 0 Å². The largest absolute Gasteiger partial charge is 0.366 e. The number of anilines is 1. The van der Waals surface area contributed by atoms with Gasteiger partial charge in [0.1, 0.15) is 6.54 Å². The van der Waals surface area contributed by atoms with E-state index in [9.17, 15) is 14.4 Å². The molecular weight excluding hydrogens is 270 g/mol. The molecule has 0 bridgehead atoms. The molecule has 0 spiro atoms. The van der Waals surface area contributed by atoms with Crippen LogP contribution in [-0.4, -0.2) is 16.4 Å². The highest BCUT2D eigenvalue weighted by Gasteiger charge is 2.11. The summed E-state index contributed by atoms with van der Waals surface area (Å²) in [6, 6.07) is 9.63. The molecule has 21 heavy (non-hydrogen) atoms. The Morgan fingerprint density at radius 2 is 1.95 bits per heavy atom. The van der Waals surface area contributed by atoms with Crippen molar-refractivity contribution in [1.82, 2.24) is 4.57 Å². The number of hydrogen-bond acceptors (Lipinski definition) is 3. The van der Waals surface area contributed by atoms with Crippen molar-refractivity contribution in [3.63, 3.8) is 0 Å². The van der Waals surface area contributed by atoms with Crippen molar-refractivity contribution in [2.75, 3.05) is 5.32 Å². The molecular formula is C15H15N3O3. The van der Waals surface area contributed by atoms with E-state index in [1.54, 1.807) is 37.4 Å². The minimum absolute atomic E-state index is 0.133. The number of hydrogen-bond donors (Lipinski definition) is 2. The highest BCUT2D eigenvalue weighted by Crippen LogP contribution is 2.14. The van der Waals surface area contributed by atoms with Crippen LogP contribution in [0.5, 0.6) is 0 Å². The van der Waals surface area contributed by atoms with Gasteiger partial charge in [-0.3, -0.25) is 14.4 Å². The Hall–Kier alpha value is -2.89. The number of amides is 2. The van der Waals surface area contributed by atoms with E-state index in [2.05, 4.69) is 5.32 Å². The van der Waals surface area contributed by atoms with E-state index in [1.165, 1.54) is 16.7 Å². The highest BCUT2D eigenvalue weighted by molar-refractivity contribution is 6.02. The van der Waals surface area contributed by atoms with Gasteiger partial charge in [-0.25, -0.2) is 0 Å². The first kappa shape index (κ1) is 14.5. The molecule has 6 heteroatoms. The molecule has 0 unspecified atom stereocenters. The summed E-state index contributed by atoms with van der Waals surface area (Å²) in [6.07, 6.45) is 1.55. The maximum Gasteiger partial charge on any atom is 0.251 e. The van der Waals surface area contributed by atoms with Crippen molar-refractivity contribution >= 4 is 17.5 Å². The third-order valence-electron chi connectivity index (χ3n) is 2.93. The fourth-order valence-corrected chi connectivity index (χ4v) is 1.89. The number of carbonyl (C=O) groups is 2. The number of nitrogens with zero attached hydrogens (tertiary/aromatic N) is 1. The van der Waals surface area contributed by atoms with Crippen LogP contribution >= 0.6 is 0 Å². The normalized spacial score (nSPS) is 10.1. The standard InChI is InChI=1S/C15H15N3O3/c1-10-6-7-18(14(20)8-10)9-13(19)17-12-5-3-2-4-11(12)15(16)21/h2-8H,9H2,1H3,(H2,16,21)(H,17,19). The predicted molar refractivity (Wildman–Crippen MR) is 79.0 cm³/mol. The van der Waals surface area contributed by atoms with Crippen LogP contribution in [0.25, 0.3) is 0 Å². The van der Waals surface area contributed by atoms with Crippen LogP contribution < -0.4 is 16.6 Å². The van der Waals surface area contributed by atoms with Gasteiger partial charge in [0.2, 0.25) is 5.91 Å². The Morgan fingerprint density at radius 1 is 1.24 bits per heavy atom. The van der Waals surface area contributed by atoms with Crippen LogP contribution in [0, 0.1) is 6.92 Å². The van der Waals surface area contributed by atoms with E-state index in [4.69, 9.17) is 5.73 Å². The van der Waals surface area contributed by atoms with Crippen molar-refractivity contribution in [2.45, 2.75) is 13.5 Å². The minimum atomic E-state index is -0.626. The van der Waals surface area contributed by atoms with Crippen LogP contribution in [0.2, 0.25) is 0 Å². The molecule has 1 aromatic carbocycles. The van der Waals surface area contributed by atoms with E-state index < -0.39 is 11.8 Å². The molecule has 1 aromatic heterocycles. The van der Waals surface area contributed by atoms with Gasteiger partial charge < -0.3 is 15.6 Å². The number of nitrogens with two attached hydrogens (primary N) is 1. The molecule has 1 heterocycles. The quantitative estimate of drug-likeness (QED) is 0.873. The molecule has 108 valence electrons. The molecule has 0 atom stereocenters. The van der Waals surface area contributed by atoms with Crippen molar-refractivity contribution in [3.05, 3.63) is 64.1 Å². The number of nitrogens with one attached hydrogen (secondary N) is 1. The molecule has 0 radical (unpaired) electrons. The lowest BCUT2D eigenvalue weighted by molar-refractivity contribution is -0.116. The molecule has 0 saturated heterocycles. The average Bonchev–Trinajstić information content (AvgIpc) is 2.42. The Balaban J connectivity index is 2.16. The molecule has 2 aromatic rings. The summed E-state index contributed by atoms with van der Waals surface area (Å²) in [6.45, 7) is 1.67. The molecule has 6 nitrogen and oxygen atoms in total. The first-order valence-corrected chi connectivity index (χ1v) is 6.33. The van der Waals surface area contributed by atoms with E-state index >= 15 is 0 Å². The zero-order chi connectivity index (χ0) is 15.4. The van der Waals surface area contributed by atoms with Gasteiger partial charge in [0, 0.05) is 12.3 Å². The Kier molecular flexibility index (Phi) is 4.18. The first-order valence-electron chi connectivity index (χ1n) is 6.33. The topological polar surface area (TPSA) is 94.2 Å².